The van der Waals surface area contributed by atoms with Crippen LogP contribution in [0.5, 0.6) is 0 Å². The minimum absolute atomic E-state index is 0.0752. The summed E-state index contributed by atoms with van der Waals surface area (Å²) in [6.45, 7) is 16.4. The van der Waals surface area contributed by atoms with Crippen molar-refractivity contribution in [3.63, 3.8) is 0 Å². The molecule has 0 radical (unpaired) electrons. The average Bonchev–Trinajstić information content (AvgIpc) is 3.51. The van der Waals surface area contributed by atoms with Crippen LogP contribution >= 0.6 is 0 Å². The van der Waals surface area contributed by atoms with Gasteiger partial charge in [0.1, 0.15) is 0 Å². The molecule has 2 saturated carbocycles. The molecule has 1 N–H and O–H groups in total. The van der Waals surface area contributed by atoms with E-state index >= 15 is 0 Å². The molecule has 0 aliphatic heterocycles. The minimum Gasteiger partial charge on any atom is -0.461 e. The van der Waals surface area contributed by atoms with Crippen molar-refractivity contribution in [1.82, 2.24) is 19.6 Å². The maximum atomic E-state index is 12.1. The summed E-state index contributed by atoms with van der Waals surface area (Å²) in [4.78, 5) is 12.1. The number of hydrogen-bond donors (Lipinski definition) is 1. The fourth-order valence-corrected chi connectivity index (χ4v) is 8.47. The fourth-order valence-electron chi connectivity index (χ4n) is 8.47. The molecule has 7 heteroatoms. The Labute approximate surface area is 209 Å². The van der Waals surface area contributed by atoms with Gasteiger partial charge in [0.25, 0.3) is 0 Å². The molecular formula is C28H42N4O3. The van der Waals surface area contributed by atoms with E-state index in [1.54, 1.807) is 0 Å². The second-order valence-electron chi connectivity index (χ2n) is 12.7. The van der Waals surface area contributed by atoms with Crippen LogP contribution in [-0.4, -0.2) is 37.2 Å². The van der Waals surface area contributed by atoms with E-state index in [4.69, 9.17) is 4.74 Å². The molecule has 192 valence electrons. The smallest absolute Gasteiger partial charge is 0.359 e. The predicted octanol–water partition coefficient (Wildman–Crippen LogP) is 4.86. The van der Waals surface area contributed by atoms with E-state index in [-0.39, 0.29) is 28.8 Å². The largest absolute Gasteiger partial charge is 0.461 e. The van der Waals surface area contributed by atoms with Crippen molar-refractivity contribution in [2.24, 2.45) is 24.9 Å². The van der Waals surface area contributed by atoms with Gasteiger partial charge in [-0.25, -0.2) is 4.79 Å². The molecular weight excluding hydrogens is 440 g/mol. The van der Waals surface area contributed by atoms with E-state index in [9.17, 15) is 9.90 Å². The zero-order valence-electron chi connectivity index (χ0n) is 22.9. The van der Waals surface area contributed by atoms with Crippen LogP contribution in [0.3, 0.4) is 0 Å². The first-order valence-corrected chi connectivity index (χ1v) is 13.2. The zero-order chi connectivity index (χ0) is 25.7. The minimum atomic E-state index is -0.272. The summed E-state index contributed by atoms with van der Waals surface area (Å²) in [6, 6.07) is 0. The van der Waals surface area contributed by atoms with Gasteiger partial charge in [-0.05, 0) is 55.3 Å². The lowest BCUT2D eigenvalue weighted by Crippen LogP contribution is -2.33. The van der Waals surface area contributed by atoms with E-state index in [0.717, 1.165) is 17.7 Å². The van der Waals surface area contributed by atoms with E-state index in [2.05, 4.69) is 51.7 Å². The number of esters is 1. The van der Waals surface area contributed by atoms with Gasteiger partial charge in [-0.2, -0.15) is 10.2 Å². The Morgan fingerprint density at radius 3 is 1.91 bits per heavy atom. The van der Waals surface area contributed by atoms with Crippen LogP contribution < -0.4 is 0 Å². The number of carbonyl (C=O) groups excluding carboxylic acids is 1. The highest BCUT2D eigenvalue weighted by Gasteiger charge is 2.63. The topological polar surface area (TPSA) is 82.2 Å². The van der Waals surface area contributed by atoms with Gasteiger partial charge in [-0.1, -0.05) is 41.5 Å². The maximum Gasteiger partial charge on any atom is 0.359 e. The summed E-state index contributed by atoms with van der Waals surface area (Å²) in [5.41, 5.74) is 7.43. The molecule has 2 heterocycles. The highest BCUT2D eigenvalue weighted by molar-refractivity contribution is 5.90. The average molecular weight is 483 g/mol. The number of aliphatic hydroxyl groups excluding tert-OH is 1. The first kappa shape index (κ1) is 24.5. The van der Waals surface area contributed by atoms with Crippen LogP contribution in [0.25, 0.3) is 0 Å². The molecule has 4 aliphatic rings. The van der Waals surface area contributed by atoms with Gasteiger partial charge in [0.15, 0.2) is 5.69 Å². The van der Waals surface area contributed by atoms with Gasteiger partial charge >= 0.3 is 5.97 Å². The number of aliphatic hydroxyl groups is 1. The lowest BCUT2D eigenvalue weighted by Gasteiger charge is -2.35. The monoisotopic (exact) mass is 482 g/mol. The van der Waals surface area contributed by atoms with Crippen molar-refractivity contribution in [3.8, 4) is 0 Å². The summed E-state index contributed by atoms with van der Waals surface area (Å²) in [5, 5.41) is 18.3. The number of rotatable bonds is 3. The summed E-state index contributed by atoms with van der Waals surface area (Å²) < 4.78 is 9.07. The van der Waals surface area contributed by atoms with Crippen LogP contribution in [0.4, 0.5) is 0 Å². The summed E-state index contributed by atoms with van der Waals surface area (Å²) in [7, 11) is 3.96. The number of fused-ring (bicyclic) bond motifs is 10. The van der Waals surface area contributed by atoms with Crippen molar-refractivity contribution in [3.05, 3.63) is 33.9 Å². The number of nitrogens with zero attached hydrogens (tertiary/aromatic N) is 4. The van der Waals surface area contributed by atoms with Crippen molar-refractivity contribution in [2.45, 2.75) is 103 Å². The standard InChI is InChI=1S/C15H22N2O2.C13H20N2O/c1-6-19-13(18)11-10-9-7-8-15(4,14(9,2)3)12(10)17(5)16-11;1-12(2)8-5-6-13(12,3)11-10(8)9(7-16)14-15(11)4/h9H,6-8H2,1-5H3;8,16H,5-7H2,1-4H3. The molecule has 2 aromatic heterocycles. The third kappa shape index (κ3) is 2.79. The fraction of sp³-hybridized carbons (Fsp3) is 0.750. The van der Waals surface area contributed by atoms with E-state index in [1.807, 2.05) is 30.4 Å². The van der Waals surface area contributed by atoms with Gasteiger partial charge < -0.3 is 9.84 Å². The Bertz CT molecular complexity index is 1210. The van der Waals surface area contributed by atoms with Crippen LogP contribution in [-0.2, 0) is 36.3 Å². The maximum absolute atomic E-state index is 12.1. The predicted molar refractivity (Wildman–Crippen MR) is 135 cm³/mol. The number of carbonyl (C=O) groups is 1. The highest BCUT2D eigenvalue weighted by Crippen LogP contribution is 2.69. The lowest BCUT2D eigenvalue weighted by atomic mass is 9.70. The van der Waals surface area contributed by atoms with Crippen LogP contribution in [0.2, 0.25) is 0 Å². The van der Waals surface area contributed by atoms with Gasteiger partial charge in [-0.15, -0.1) is 0 Å². The Balaban J connectivity index is 0.000000147. The third-order valence-corrected chi connectivity index (χ3v) is 11.1. The number of ether oxygens (including phenoxy) is 1. The second-order valence-corrected chi connectivity index (χ2v) is 12.7. The number of aromatic nitrogens is 4. The molecule has 4 bridgehead atoms. The Hall–Kier alpha value is -2.15. The van der Waals surface area contributed by atoms with Crippen LogP contribution in [0.15, 0.2) is 0 Å². The van der Waals surface area contributed by atoms with Gasteiger partial charge in [0.05, 0.1) is 18.9 Å². The van der Waals surface area contributed by atoms with Crippen LogP contribution in [0, 0.1) is 10.8 Å². The molecule has 6 rings (SSSR count). The summed E-state index contributed by atoms with van der Waals surface area (Å²) in [6.07, 6.45) is 4.82. The third-order valence-electron chi connectivity index (χ3n) is 11.1. The zero-order valence-corrected chi connectivity index (χ0v) is 22.9. The summed E-state index contributed by atoms with van der Waals surface area (Å²) in [5.74, 6) is 0.746. The molecule has 7 nitrogen and oxygen atoms in total. The Morgan fingerprint density at radius 2 is 1.40 bits per heavy atom. The molecule has 2 aromatic rings. The lowest BCUT2D eigenvalue weighted by molar-refractivity contribution is 0.0516. The Kier molecular flexibility index (Phi) is 5.21. The van der Waals surface area contributed by atoms with Gasteiger partial charge in [0, 0.05) is 47.4 Å². The molecule has 4 aliphatic carbocycles. The van der Waals surface area contributed by atoms with Gasteiger partial charge in [0.2, 0.25) is 0 Å². The van der Waals surface area contributed by atoms with E-state index in [0.29, 0.717) is 29.6 Å². The normalized spacial score (nSPS) is 32.3. The second kappa shape index (κ2) is 7.44. The quantitative estimate of drug-likeness (QED) is 0.632. The van der Waals surface area contributed by atoms with Crippen molar-refractivity contribution in [1.29, 1.82) is 0 Å². The molecule has 0 saturated heterocycles. The van der Waals surface area contributed by atoms with Crippen LogP contribution in [0.1, 0.15) is 125 Å². The molecule has 35 heavy (non-hydrogen) atoms. The Morgan fingerprint density at radius 1 is 0.914 bits per heavy atom. The number of hydrogen-bond acceptors (Lipinski definition) is 5. The van der Waals surface area contributed by atoms with Crippen molar-refractivity contribution < 1.29 is 14.6 Å². The van der Waals surface area contributed by atoms with Gasteiger partial charge in [-0.3, -0.25) is 9.36 Å². The van der Waals surface area contributed by atoms with Crippen molar-refractivity contribution in [2.75, 3.05) is 6.61 Å². The molecule has 0 aromatic carbocycles. The molecule has 0 spiro atoms. The van der Waals surface area contributed by atoms with Crippen molar-refractivity contribution >= 4 is 5.97 Å². The molecule has 4 atom stereocenters. The molecule has 0 amide bonds. The molecule has 4 unspecified atom stereocenters. The van der Waals surface area contributed by atoms with E-state index < -0.39 is 0 Å². The number of aryl methyl sites for hydroxylation is 2. The van der Waals surface area contributed by atoms with E-state index in [1.165, 1.54) is 36.2 Å². The SMILES string of the molecule is CCOC(=O)c1nn(C)c2c1C1CCC2(C)C1(C)C.Cn1nc(CO)c2c1C1(C)CCC2C1(C)C. The first-order valence-electron chi connectivity index (χ1n) is 13.2. The molecule has 2 fully saturated rings. The highest BCUT2D eigenvalue weighted by atomic mass is 16.5. The first-order chi connectivity index (χ1) is 16.3. The summed E-state index contributed by atoms with van der Waals surface area (Å²) >= 11 is 0.